The van der Waals surface area contributed by atoms with Crippen molar-refractivity contribution in [1.29, 1.82) is 0 Å². The first kappa shape index (κ1) is 14.4. The van der Waals surface area contributed by atoms with E-state index in [-0.39, 0.29) is 16.9 Å². The van der Waals surface area contributed by atoms with Crippen molar-refractivity contribution < 1.29 is 9.13 Å². The van der Waals surface area contributed by atoms with Gasteiger partial charge in [-0.3, -0.25) is 0 Å². The fourth-order valence-corrected chi connectivity index (χ4v) is 2.05. The third-order valence-corrected chi connectivity index (χ3v) is 3.20. The van der Waals surface area contributed by atoms with E-state index in [1.165, 1.54) is 18.3 Å². The quantitative estimate of drug-likeness (QED) is 0.798. The zero-order valence-electron chi connectivity index (χ0n) is 11.5. The van der Waals surface area contributed by atoms with Gasteiger partial charge in [-0.1, -0.05) is 17.7 Å². The monoisotopic (exact) mass is 319 g/mol. The number of nitrogen functional groups attached to an aromatic ring is 1. The Morgan fingerprint density at radius 1 is 1.27 bits per heavy atom. The Hall–Kier alpha value is -2.54. The first-order valence-electron chi connectivity index (χ1n) is 6.47. The highest BCUT2D eigenvalue weighted by atomic mass is 35.5. The Balaban J connectivity index is 2.17. The molecule has 0 amide bonds. The predicted molar refractivity (Wildman–Crippen MR) is 81.1 cm³/mol. The predicted octanol–water partition coefficient (Wildman–Crippen LogP) is 2.86. The Morgan fingerprint density at radius 2 is 2.09 bits per heavy atom. The topological polar surface area (TPSA) is 86.8 Å². The Kier molecular flexibility index (Phi) is 3.72. The molecular formula is C14H11ClFN5O. The minimum Gasteiger partial charge on any atom is -0.476 e. The van der Waals surface area contributed by atoms with Gasteiger partial charge in [0.2, 0.25) is 11.8 Å². The van der Waals surface area contributed by atoms with Crippen LogP contribution in [-0.4, -0.2) is 26.5 Å². The average Bonchev–Trinajstić information content (AvgIpc) is 2.50. The normalized spacial score (nSPS) is 10.9. The van der Waals surface area contributed by atoms with Gasteiger partial charge in [0.15, 0.2) is 11.2 Å². The molecule has 0 bridgehead atoms. The molecule has 0 atom stereocenters. The van der Waals surface area contributed by atoms with Crippen molar-refractivity contribution in [2.45, 2.75) is 6.92 Å². The molecule has 0 saturated heterocycles. The van der Waals surface area contributed by atoms with Gasteiger partial charge in [0.1, 0.15) is 5.82 Å². The van der Waals surface area contributed by atoms with Crippen LogP contribution in [0.15, 0.2) is 24.4 Å². The molecule has 0 saturated carbocycles. The number of hydrogen-bond acceptors (Lipinski definition) is 6. The summed E-state index contributed by atoms with van der Waals surface area (Å²) >= 11 is 5.68. The number of benzene rings is 1. The molecule has 6 nitrogen and oxygen atoms in total. The summed E-state index contributed by atoms with van der Waals surface area (Å²) in [5, 5.41) is 0.0450. The van der Waals surface area contributed by atoms with Crippen molar-refractivity contribution in [2.24, 2.45) is 0 Å². The Bertz CT molecular complexity index is 858. The van der Waals surface area contributed by atoms with Gasteiger partial charge in [-0.05, 0) is 19.1 Å². The third-order valence-electron chi connectivity index (χ3n) is 2.89. The third kappa shape index (κ3) is 2.62. The van der Waals surface area contributed by atoms with Crippen molar-refractivity contribution in [2.75, 3.05) is 12.3 Å². The SMILES string of the molecule is CCOc1nc(N)nc2ncc(-c3ccc(Cl)c(F)c3)nc12. The van der Waals surface area contributed by atoms with Gasteiger partial charge >= 0.3 is 0 Å². The summed E-state index contributed by atoms with van der Waals surface area (Å²) < 4.78 is 19.0. The van der Waals surface area contributed by atoms with Gasteiger partial charge in [-0.15, -0.1) is 0 Å². The number of ether oxygens (including phenoxy) is 1. The summed E-state index contributed by atoms with van der Waals surface area (Å²) in [5.41, 5.74) is 7.28. The van der Waals surface area contributed by atoms with E-state index >= 15 is 0 Å². The molecule has 3 rings (SSSR count). The van der Waals surface area contributed by atoms with Crippen LogP contribution < -0.4 is 10.5 Å². The van der Waals surface area contributed by atoms with E-state index in [2.05, 4.69) is 19.9 Å². The van der Waals surface area contributed by atoms with Gasteiger partial charge in [0, 0.05) is 5.56 Å². The largest absolute Gasteiger partial charge is 0.476 e. The first-order valence-corrected chi connectivity index (χ1v) is 6.84. The molecule has 0 radical (unpaired) electrons. The van der Waals surface area contributed by atoms with E-state index in [0.29, 0.717) is 29.0 Å². The van der Waals surface area contributed by atoms with Gasteiger partial charge in [0.25, 0.3) is 0 Å². The summed E-state index contributed by atoms with van der Waals surface area (Å²) in [6, 6.07) is 4.40. The summed E-state index contributed by atoms with van der Waals surface area (Å²) in [4.78, 5) is 16.6. The minimum absolute atomic E-state index is 0.0450. The summed E-state index contributed by atoms with van der Waals surface area (Å²) in [5.74, 6) is -0.232. The number of nitrogens with two attached hydrogens (primary N) is 1. The smallest absolute Gasteiger partial charge is 0.247 e. The molecule has 0 aliphatic carbocycles. The highest BCUT2D eigenvalue weighted by molar-refractivity contribution is 6.30. The van der Waals surface area contributed by atoms with Crippen molar-refractivity contribution >= 4 is 28.7 Å². The average molecular weight is 320 g/mol. The van der Waals surface area contributed by atoms with Crippen LogP contribution in [0.1, 0.15) is 6.92 Å². The standard InChI is InChI=1S/C14H11ClFN5O/c1-2-22-13-11-12(20-14(17)21-13)18-6-10(19-11)7-3-4-8(15)9(16)5-7/h3-6H,2H2,1H3,(H2,17,18,20,21). The van der Waals surface area contributed by atoms with Gasteiger partial charge in [-0.2, -0.15) is 9.97 Å². The summed E-state index contributed by atoms with van der Waals surface area (Å²) in [6.45, 7) is 2.21. The molecule has 112 valence electrons. The number of halogens is 2. The highest BCUT2D eigenvalue weighted by Crippen LogP contribution is 2.26. The molecule has 3 aromatic rings. The van der Waals surface area contributed by atoms with Crippen LogP contribution in [0.4, 0.5) is 10.3 Å². The van der Waals surface area contributed by atoms with Crippen LogP contribution in [-0.2, 0) is 0 Å². The molecule has 1 aromatic carbocycles. The number of anilines is 1. The second kappa shape index (κ2) is 5.69. The van der Waals surface area contributed by atoms with E-state index < -0.39 is 5.82 Å². The van der Waals surface area contributed by atoms with Crippen molar-refractivity contribution in [3.05, 3.63) is 35.2 Å². The molecule has 0 aliphatic heterocycles. The summed E-state index contributed by atoms with van der Waals surface area (Å²) in [7, 11) is 0. The zero-order chi connectivity index (χ0) is 15.7. The van der Waals surface area contributed by atoms with E-state index in [1.54, 1.807) is 6.07 Å². The van der Waals surface area contributed by atoms with E-state index in [4.69, 9.17) is 22.1 Å². The van der Waals surface area contributed by atoms with E-state index in [0.717, 1.165) is 0 Å². The maximum Gasteiger partial charge on any atom is 0.247 e. The molecule has 2 heterocycles. The molecule has 2 aromatic heterocycles. The van der Waals surface area contributed by atoms with Crippen molar-refractivity contribution in [3.8, 4) is 17.1 Å². The van der Waals surface area contributed by atoms with Gasteiger partial charge in [0.05, 0.1) is 23.5 Å². The lowest BCUT2D eigenvalue weighted by Gasteiger charge is -2.07. The van der Waals surface area contributed by atoms with Crippen molar-refractivity contribution in [3.63, 3.8) is 0 Å². The molecule has 0 fully saturated rings. The zero-order valence-corrected chi connectivity index (χ0v) is 12.3. The number of aromatic nitrogens is 4. The Morgan fingerprint density at radius 3 is 2.82 bits per heavy atom. The first-order chi connectivity index (χ1) is 10.6. The van der Waals surface area contributed by atoms with E-state index in [1.807, 2.05) is 6.92 Å². The molecule has 8 heteroatoms. The van der Waals surface area contributed by atoms with Gasteiger partial charge in [-0.25, -0.2) is 14.4 Å². The highest BCUT2D eigenvalue weighted by Gasteiger charge is 2.12. The van der Waals surface area contributed by atoms with Gasteiger partial charge < -0.3 is 10.5 Å². The molecular weight excluding hydrogens is 309 g/mol. The molecule has 2 N–H and O–H groups in total. The number of nitrogens with zero attached hydrogens (tertiary/aromatic N) is 4. The second-order valence-electron chi connectivity index (χ2n) is 4.38. The van der Waals surface area contributed by atoms with Crippen LogP contribution in [0.25, 0.3) is 22.4 Å². The Labute approximate surface area is 130 Å². The maximum absolute atomic E-state index is 13.6. The van der Waals surface area contributed by atoms with Crippen LogP contribution >= 0.6 is 11.6 Å². The molecule has 0 unspecified atom stereocenters. The lowest BCUT2D eigenvalue weighted by Crippen LogP contribution is -2.04. The van der Waals surface area contributed by atoms with Crippen LogP contribution in [0.2, 0.25) is 5.02 Å². The van der Waals surface area contributed by atoms with Crippen LogP contribution in [0.5, 0.6) is 5.88 Å². The molecule has 0 aliphatic rings. The minimum atomic E-state index is -0.528. The van der Waals surface area contributed by atoms with Crippen LogP contribution in [0.3, 0.4) is 0 Å². The second-order valence-corrected chi connectivity index (χ2v) is 4.78. The number of hydrogen-bond donors (Lipinski definition) is 1. The number of rotatable bonds is 3. The van der Waals surface area contributed by atoms with Crippen LogP contribution in [0, 0.1) is 5.82 Å². The molecule has 22 heavy (non-hydrogen) atoms. The fraction of sp³-hybridized carbons (Fsp3) is 0.143. The molecule has 0 spiro atoms. The number of fused-ring (bicyclic) bond motifs is 1. The van der Waals surface area contributed by atoms with Crippen molar-refractivity contribution in [1.82, 2.24) is 19.9 Å². The lowest BCUT2D eigenvalue weighted by atomic mass is 10.1. The van der Waals surface area contributed by atoms with E-state index in [9.17, 15) is 4.39 Å². The lowest BCUT2D eigenvalue weighted by molar-refractivity contribution is 0.330. The maximum atomic E-state index is 13.6. The fourth-order valence-electron chi connectivity index (χ4n) is 1.93. The summed E-state index contributed by atoms with van der Waals surface area (Å²) in [6.07, 6.45) is 1.48.